The van der Waals surface area contributed by atoms with E-state index in [0.29, 0.717) is 30.7 Å². The maximum absolute atomic E-state index is 11.6. The maximum Gasteiger partial charge on any atom is 0.224 e. The van der Waals surface area contributed by atoms with Crippen LogP contribution in [0, 0.1) is 0 Å². The van der Waals surface area contributed by atoms with Crippen molar-refractivity contribution in [2.24, 2.45) is 0 Å². The monoisotopic (exact) mass is 235 g/mol. The van der Waals surface area contributed by atoms with Crippen LogP contribution in [0.15, 0.2) is 24.3 Å². The smallest absolute Gasteiger partial charge is 0.224 e. The summed E-state index contributed by atoms with van der Waals surface area (Å²) < 4.78 is 5.12. The Hall–Kier alpha value is -1.84. The zero-order chi connectivity index (χ0) is 12.7. The Labute approximate surface area is 101 Å². The summed E-state index contributed by atoms with van der Waals surface area (Å²) in [7, 11) is 1.56. The highest BCUT2D eigenvalue weighted by atomic mass is 16.5. The number of amides is 1. The molecule has 0 saturated carbocycles. The van der Waals surface area contributed by atoms with Crippen molar-refractivity contribution in [2.45, 2.75) is 26.2 Å². The van der Waals surface area contributed by atoms with Gasteiger partial charge in [0.1, 0.15) is 11.5 Å². The van der Waals surface area contributed by atoms with Crippen LogP contribution in [-0.4, -0.2) is 18.8 Å². The normalized spacial score (nSPS) is 9.76. The summed E-state index contributed by atoms with van der Waals surface area (Å²) in [4.78, 5) is 22.3. The number of hydrogen-bond acceptors (Lipinski definition) is 3. The largest absolute Gasteiger partial charge is 0.495 e. The molecule has 0 radical (unpaired) electrons. The van der Waals surface area contributed by atoms with Gasteiger partial charge in [0, 0.05) is 12.8 Å². The molecule has 0 saturated heterocycles. The molecule has 0 fully saturated rings. The molecule has 1 N–H and O–H groups in total. The Bertz CT molecular complexity index is 401. The molecular formula is C13H17NO3. The molecule has 1 aromatic carbocycles. The zero-order valence-corrected chi connectivity index (χ0v) is 10.2. The minimum absolute atomic E-state index is 0.101. The first-order valence-corrected chi connectivity index (χ1v) is 5.56. The van der Waals surface area contributed by atoms with Gasteiger partial charge in [-0.1, -0.05) is 12.1 Å². The Balaban J connectivity index is 2.47. The lowest BCUT2D eigenvalue weighted by Gasteiger charge is -2.09. The van der Waals surface area contributed by atoms with Gasteiger partial charge in [-0.05, 0) is 25.5 Å². The first kappa shape index (κ1) is 13.2. The third-order valence-corrected chi connectivity index (χ3v) is 2.31. The summed E-state index contributed by atoms with van der Waals surface area (Å²) >= 11 is 0. The average molecular weight is 235 g/mol. The summed E-state index contributed by atoms with van der Waals surface area (Å²) in [6.07, 6.45) is 1.37. The molecule has 4 nitrogen and oxygen atoms in total. The lowest BCUT2D eigenvalue weighted by Crippen LogP contribution is -2.12. The highest BCUT2D eigenvalue weighted by Crippen LogP contribution is 2.23. The SMILES string of the molecule is COc1ccccc1NC(=O)CCCC(C)=O. The third-order valence-electron chi connectivity index (χ3n) is 2.31. The van der Waals surface area contributed by atoms with Gasteiger partial charge in [0.05, 0.1) is 12.8 Å². The molecule has 1 amide bonds. The molecule has 4 heteroatoms. The van der Waals surface area contributed by atoms with Crippen molar-refractivity contribution in [1.82, 2.24) is 0 Å². The van der Waals surface area contributed by atoms with Gasteiger partial charge in [0.15, 0.2) is 0 Å². The summed E-state index contributed by atoms with van der Waals surface area (Å²) in [5, 5.41) is 2.76. The van der Waals surface area contributed by atoms with Gasteiger partial charge in [-0.15, -0.1) is 0 Å². The van der Waals surface area contributed by atoms with E-state index in [2.05, 4.69) is 5.32 Å². The van der Waals surface area contributed by atoms with Crippen LogP contribution >= 0.6 is 0 Å². The minimum Gasteiger partial charge on any atom is -0.495 e. The topological polar surface area (TPSA) is 55.4 Å². The van der Waals surface area contributed by atoms with Crippen LogP contribution in [0.1, 0.15) is 26.2 Å². The highest BCUT2D eigenvalue weighted by molar-refractivity contribution is 5.92. The fourth-order valence-corrected chi connectivity index (χ4v) is 1.46. The van der Waals surface area contributed by atoms with Gasteiger partial charge in [-0.25, -0.2) is 0 Å². The summed E-state index contributed by atoms with van der Waals surface area (Å²) in [6, 6.07) is 7.23. The van der Waals surface area contributed by atoms with Crippen molar-refractivity contribution in [3.8, 4) is 5.75 Å². The van der Waals surface area contributed by atoms with Crippen LogP contribution in [0.5, 0.6) is 5.75 Å². The number of rotatable bonds is 6. The van der Waals surface area contributed by atoms with E-state index < -0.39 is 0 Å². The second kappa shape index (κ2) is 6.68. The van der Waals surface area contributed by atoms with Crippen molar-refractivity contribution in [3.05, 3.63) is 24.3 Å². The molecule has 1 rings (SSSR count). The molecule has 0 atom stereocenters. The average Bonchev–Trinajstić information content (AvgIpc) is 2.29. The fraction of sp³-hybridized carbons (Fsp3) is 0.385. The lowest BCUT2D eigenvalue weighted by atomic mass is 10.2. The second-order valence-electron chi connectivity index (χ2n) is 3.80. The van der Waals surface area contributed by atoms with Gasteiger partial charge in [-0.3, -0.25) is 4.79 Å². The number of carbonyl (C=O) groups is 2. The van der Waals surface area contributed by atoms with E-state index in [9.17, 15) is 9.59 Å². The summed E-state index contributed by atoms with van der Waals surface area (Å²) in [6.45, 7) is 1.53. The molecule has 1 aromatic rings. The van der Waals surface area contributed by atoms with Crippen LogP contribution in [0.25, 0.3) is 0 Å². The highest BCUT2D eigenvalue weighted by Gasteiger charge is 2.06. The molecule has 17 heavy (non-hydrogen) atoms. The Morgan fingerprint density at radius 2 is 1.94 bits per heavy atom. The molecular weight excluding hydrogens is 218 g/mol. The Morgan fingerprint density at radius 3 is 2.59 bits per heavy atom. The number of carbonyl (C=O) groups excluding carboxylic acids is 2. The number of benzene rings is 1. The van der Waals surface area contributed by atoms with E-state index in [0.717, 1.165) is 0 Å². The molecule has 0 bridgehead atoms. The number of ketones is 1. The van der Waals surface area contributed by atoms with Crippen LogP contribution in [0.3, 0.4) is 0 Å². The standard InChI is InChI=1S/C13H17NO3/c1-10(15)6-5-9-13(16)14-11-7-3-4-8-12(11)17-2/h3-4,7-8H,5-6,9H2,1-2H3,(H,14,16). The van der Waals surface area contributed by atoms with Crippen LogP contribution in [0.4, 0.5) is 5.69 Å². The molecule has 0 aliphatic carbocycles. The molecule has 0 spiro atoms. The minimum atomic E-state index is -0.101. The Kier molecular flexibility index (Phi) is 5.20. The van der Waals surface area contributed by atoms with Crippen molar-refractivity contribution < 1.29 is 14.3 Å². The van der Waals surface area contributed by atoms with Crippen LogP contribution < -0.4 is 10.1 Å². The van der Waals surface area contributed by atoms with Gasteiger partial charge < -0.3 is 14.8 Å². The Morgan fingerprint density at radius 1 is 1.24 bits per heavy atom. The van der Waals surface area contributed by atoms with Gasteiger partial charge in [0.25, 0.3) is 0 Å². The molecule has 92 valence electrons. The number of Topliss-reactive ketones (excluding diaryl/α,β-unsaturated/α-hetero) is 1. The molecule has 0 aliphatic rings. The third kappa shape index (κ3) is 4.68. The van der Waals surface area contributed by atoms with Crippen molar-refractivity contribution in [2.75, 3.05) is 12.4 Å². The fourth-order valence-electron chi connectivity index (χ4n) is 1.46. The first-order chi connectivity index (χ1) is 8.13. The van der Waals surface area contributed by atoms with E-state index in [1.807, 2.05) is 12.1 Å². The number of ether oxygens (including phenoxy) is 1. The van der Waals surface area contributed by atoms with E-state index in [1.165, 1.54) is 6.92 Å². The lowest BCUT2D eigenvalue weighted by molar-refractivity contribution is -0.117. The second-order valence-corrected chi connectivity index (χ2v) is 3.80. The summed E-state index contributed by atoms with van der Waals surface area (Å²) in [5.74, 6) is 0.637. The van der Waals surface area contributed by atoms with Gasteiger partial charge in [0.2, 0.25) is 5.91 Å². The van der Waals surface area contributed by atoms with E-state index in [4.69, 9.17) is 4.74 Å². The number of para-hydroxylation sites is 2. The number of hydrogen-bond donors (Lipinski definition) is 1. The molecule has 0 aliphatic heterocycles. The number of anilines is 1. The van der Waals surface area contributed by atoms with E-state index in [-0.39, 0.29) is 11.7 Å². The first-order valence-electron chi connectivity index (χ1n) is 5.56. The summed E-state index contributed by atoms with van der Waals surface area (Å²) in [5.41, 5.74) is 0.655. The van der Waals surface area contributed by atoms with Crippen LogP contribution in [-0.2, 0) is 9.59 Å². The van der Waals surface area contributed by atoms with Crippen molar-refractivity contribution in [1.29, 1.82) is 0 Å². The van der Waals surface area contributed by atoms with E-state index >= 15 is 0 Å². The molecule has 0 heterocycles. The van der Waals surface area contributed by atoms with Crippen LogP contribution in [0.2, 0.25) is 0 Å². The van der Waals surface area contributed by atoms with E-state index in [1.54, 1.807) is 19.2 Å². The molecule has 0 unspecified atom stereocenters. The number of nitrogens with one attached hydrogen (secondary N) is 1. The van der Waals surface area contributed by atoms with Gasteiger partial charge in [-0.2, -0.15) is 0 Å². The predicted molar refractivity (Wildman–Crippen MR) is 66.2 cm³/mol. The number of methoxy groups -OCH3 is 1. The van der Waals surface area contributed by atoms with Crippen molar-refractivity contribution in [3.63, 3.8) is 0 Å². The quantitative estimate of drug-likeness (QED) is 0.823. The van der Waals surface area contributed by atoms with Gasteiger partial charge >= 0.3 is 0 Å². The maximum atomic E-state index is 11.6. The van der Waals surface area contributed by atoms with Crippen molar-refractivity contribution >= 4 is 17.4 Å². The molecule has 0 aromatic heterocycles. The zero-order valence-electron chi connectivity index (χ0n) is 10.2. The predicted octanol–water partition coefficient (Wildman–Crippen LogP) is 2.39.